The topological polar surface area (TPSA) is 52.3 Å². The summed E-state index contributed by atoms with van der Waals surface area (Å²) in [6.07, 6.45) is 0.550. The molecule has 2 N–H and O–H groups in total. The van der Waals surface area contributed by atoms with Crippen molar-refractivity contribution in [3.63, 3.8) is 0 Å². The van der Waals surface area contributed by atoms with Crippen molar-refractivity contribution in [1.82, 2.24) is 0 Å². The van der Waals surface area contributed by atoms with E-state index in [0.717, 1.165) is 16.9 Å². The third-order valence-electron chi connectivity index (χ3n) is 3.14. The number of rotatable bonds is 6. The van der Waals surface area contributed by atoms with Crippen LogP contribution in [-0.4, -0.2) is 17.9 Å². The van der Waals surface area contributed by atoms with E-state index in [1.807, 2.05) is 52.8 Å². The Kier molecular flexibility index (Phi) is 5.55. The fourth-order valence-corrected chi connectivity index (χ4v) is 1.89. The molecule has 0 saturated carbocycles. The van der Waals surface area contributed by atoms with E-state index in [4.69, 9.17) is 10.5 Å². The minimum absolute atomic E-state index is 0.0932. The lowest BCUT2D eigenvalue weighted by Crippen LogP contribution is -2.36. The van der Waals surface area contributed by atoms with Crippen molar-refractivity contribution in [1.29, 1.82) is 0 Å². The number of hydrogen-bond donors (Lipinski definition) is 1. The van der Waals surface area contributed by atoms with Crippen LogP contribution < -0.4 is 10.5 Å². The van der Waals surface area contributed by atoms with E-state index in [2.05, 4.69) is 0 Å². The molecule has 0 bridgehead atoms. The first-order chi connectivity index (χ1) is 8.81. The van der Waals surface area contributed by atoms with Gasteiger partial charge in [0.1, 0.15) is 5.75 Å². The highest BCUT2D eigenvalue weighted by molar-refractivity contribution is 5.86. The Hall–Kier alpha value is -1.35. The quantitative estimate of drug-likeness (QED) is 0.858. The smallest absolute Gasteiger partial charge is 0.154 e. The first-order valence-corrected chi connectivity index (χ1v) is 6.85. The largest absolute Gasteiger partial charge is 0.491 e. The Balaban J connectivity index is 2.77. The molecule has 19 heavy (non-hydrogen) atoms. The highest BCUT2D eigenvalue weighted by Gasteiger charge is 2.18. The van der Waals surface area contributed by atoms with Crippen molar-refractivity contribution in [2.75, 3.05) is 0 Å². The fraction of sp³-hybridized carbons (Fsp3) is 0.562. The van der Waals surface area contributed by atoms with Gasteiger partial charge in [-0.15, -0.1) is 0 Å². The number of aryl methyl sites for hydroxylation is 1. The second kappa shape index (κ2) is 6.71. The molecule has 1 aromatic carbocycles. The van der Waals surface area contributed by atoms with Gasteiger partial charge < -0.3 is 10.5 Å². The first kappa shape index (κ1) is 15.7. The van der Waals surface area contributed by atoms with Crippen molar-refractivity contribution in [3.05, 3.63) is 29.3 Å². The van der Waals surface area contributed by atoms with E-state index in [1.165, 1.54) is 0 Å². The molecule has 0 amide bonds. The normalized spacial score (nSPS) is 12.8. The highest BCUT2D eigenvalue weighted by Crippen LogP contribution is 2.19. The minimum Gasteiger partial charge on any atom is -0.491 e. The number of ketones is 1. The van der Waals surface area contributed by atoms with Gasteiger partial charge in [0.2, 0.25) is 0 Å². The maximum Gasteiger partial charge on any atom is 0.154 e. The monoisotopic (exact) mass is 263 g/mol. The Morgan fingerprint density at radius 1 is 1.26 bits per heavy atom. The lowest BCUT2D eigenvalue weighted by molar-refractivity contribution is -0.120. The Morgan fingerprint density at radius 2 is 1.89 bits per heavy atom. The highest BCUT2D eigenvalue weighted by atomic mass is 16.5. The molecule has 0 aliphatic heterocycles. The van der Waals surface area contributed by atoms with Crippen LogP contribution in [0.2, 0.25) is 0 Å². The molecule has 1 unspecified atom stereocenters. The van der Waals surface area contributed by atoms with Gasteiger partial charge in [0.15, 0.2) is 5.78 Å². The summed E-state index contributed by atoms with van der Waals surface area (Å²) < 4.78 is 5.63. The molecule has 0 fully saturated rings. The van der Waals surface area contributed by atoms with E-state index in [9.17, 15) is 4.79 Å². The van der Waals surface area contributed by atoms with E-state index in [1.54, 1.807) is 0 Å². The van der Waals surface area contributed by atoms with Gasteiger partial charge in [-0.3, -0.25) is 4.79 Å². The maximum absolute atomic E-state index is 12.0. The van der Waals surface area contributed by atoms with Gasteiger partial charge in [0, 0.05) is 6.42 Å². The summed E-state index contributed by atoms with van der Waals surface area (Å²) in [4.78, 5) is 12.0. The van der Waals surface area contributed by atoms with Crippen molar-refractivity contribution < 1.29 is 9.53 Å². The first-order valence-electron chi connectivity index (χ1n) is 6.85. The van der Waals surface area contributed by atoms with Crippen LogP contribution in [0.15, 0.2) is 18.2 Å². The van der Waals surface area contributed by atoms with E-state index < -0.39 is 0 Å². The van der Waals surface area contributed by atoms with Gasteiger partial charge in [0.05, 0.1) is 12.1 Å². The fourth-order valence-electron chi connectivity index (χ4n) is 1.89. The molecular formula is C16H25NO2. The molecule has 0 aliphatic rings. The number of carbonyl (C=O) groups excluding carboxylic acids is 1. The lowest BCUT2D eigenvalue weighted by atomic mass is 9.94. The summed E-state index contributed by atoms with van der Waals surface area (Å²) >= 11 is 0. The number of Topliss-reactive ketones (excluding diaryl/α,β-unsaturated/α-hetero) is 1. The number of benzene rings is 1. The number of nitrogens with two attached hydrogens (primary N) is 1. The van der Waals surface area contributed by atoms with Crippen molar-refractivity contribution in [3.8, 4) is 5.75 Å². The van der Waals surface area contributed by atoms with Gasteiger partial charge in [-0.2, -0.15) is 0 Å². The Bertz CT molecular complexity index is 438. The van der Waals surface area contributed by atoms with E-state index in [0.29, 0.717) is 6.42 Å². The van der Waals surface area contributed by atoms with Crippen molar-refractivity contribution >= 4 is 5.78 Å². The van der Waals surface area contributed by atoms with Crippen LogP contribution in [0.4, 0.5) is 0 Å². The number of ether oxygens (including phenoxy) is 1. The van der Waals surface area contributed by atoms with Crippen molar-refractivity contribution in [2.45, 2.75) is 53.2 Å². The van der Waals surface area contributed by atoms with Crippen LogP contribution in [0.5, 0.6) is 5.75 Å². The number of hydrogen-bond acceptors (Lipinski definition) is 3. The summed E-state index contributed by atoms with van der Waals surface area (Å²) in [5.74, 6) is 1.11. The third-order valence-corrected chi connectivity index (χ3v) is 3.14. The molecule has 1 atom stereocenters. The molecule has 106 valence electrons. The predicted octanol–water partition coefficient (Wildman–Crippen LogP) is 2.88. The lowest BCUT2D eigenvalue weighted by Gasteiger charge is -2.16. The summed E-state index contributed by atoms with van der Waals surface area (Å²) in [5, 5.41) is 0. The molecule has 1 aromatic rings. The zero-order valence-electron chi connectivity index (χ0n) is 12.6. The molecule has 0 spiro atoms. The van der Waals surface area contributed by atoms with Gasteiger partial charge >= 0.3 is 0 Å². The van der Waals surface area contributed by atoms with Gasteiger partial charge in [-0.25, -0.2) is 0 Å². The SMILES string of the molecule is Cc1cc(OC(C)C)ccc1CC(=O)C(N)C(C)C. The van der Waals surface area contributed by atoms with E-state index >= 15 is 0 Å². The molecular weight excluding hydrogens is 238 g/mol. The number of carbonyl (C=O) groups is 1. The van der Waals surface area contributed by atoms with Gasteiger partial charge in [-0.1, -0.05) is 19.9 Å². The molecule has 3 nitrogen and oxygen atoms in total. The molecule has 3 heteroatoms. The summed E-state index contributed by atoms with van der Waals surface area (Å²) in [6, 6.07) is 5.46. The second-order valence-corrected chi connectivity index (χ2v) is 5.67. The second-order valence-electron chi connectivity index (χ2n) is 5.67. The average Bonchev–Trinajstić information content (AvgIpc) is 2.30. The average molecular weight is 263 g/mol. The maximum atomic E-state index is 12.0. The molecule has 0 saturated heterocycles. The van der Waals surface area contributed by atoms with Crippen LogP contribution in [0, 0.1) is 12.8 Å². The molecule has 0 radical (unpaired) electrons. The summed E-state index contributed by atoms with van der Waals surface area (Å²) in [7, 11) is 0. The Morgan fingerprint density at radius 3 is 2.37 bits per heavy atom. The van der Waals surface area contributed by atoms with Crippen LogP contribution >= 0.6 is 0 Å². The molecule has 0 aliphatic carbocycles. The van der Waals surface area contributed by atoms with Crippen LogP contribution in [0.1, 0.15) is 38.8 Å². The van der Waals surface area contributed by atoms with Crippen LogP contribution in [-0.2, 0) is 11.2 Å². The van der Waals surface area contributed by atoms with Crippen LogP contribution in [0.25, 0.3) is 0 Å². The third kappa shape index (κ3) is 4.67. The van der Waals surface area contributed by atoms with Gasteiger partial charge in [-0.05, 0) is 49.9 Å². The van der Waals surface area contributed by atoms with Crippen LogP contribution in [0.3, 0.4) is 0 Å². The molecule has 0 aromatic heterocycles. The predicted molar refractivity (Wildman–Crippen MR) is 78.5 cm³/mol. The Labute approximate surface area is 116 Å². The van der Waals surface area contributed by atoms with E-state index in [-0.39, 0.29) is 23.8 Å². The van der Waals surface area contributed by atoms with Gasteiger partial charge in [0.25, 0.3) is 0 Å². The summed E-state index contributed by atoms with van der Waals surface area (Å²) in [5.41, 5.74) is 7.98. The summed E-state index contributed by atoms with van der Waals surface area (Å²) in [6.45, 7) is 9.92. The van der Waals surface area contributed by atoms with Crippen molar-refractivity contribution in [2.24, 2.45) is 11.7 Å². The standard InChI is InChI=1S/C16H25NO2/c1-10(2)16(17)15(18)9-13-6-7-14(8-12(13)5)19-11(3)4/h6-8,10-11,16H,9,17H2,1-5H3. The molecule has 1 rings (SSSR count). The zero-order chi connectivity index (χ0) is 14.6. The molecule has 0 heterocycles. The zero-order valence-corrected chi connectivity index (χ0v) is 12.6. The minimum atomic E-state index is -0.383.